The van der Waals surface area contributed by atoms with Gasteiger partial charge in [-0.15, -0.1) is 0 Å². The fraction of sp³-hybridized carbons (Fsp3) is 0.409. The lowest BCUT2D eigenvalue weighted by Crippen LogP contribution is -2.13. The number of hydrogen-bond donors (Lipinski definition) is 0. The average Bonchev–Trinajstić information content (AvgIpc) is 2.52. The van der Waals surface area contributed by atoms with Gasteiger partial charge in [0.2, 0.25) is 0 Å². The van der Waals surface area contributed by atoms with E-state index >= 15 is 0 Å². The van der Waals surface area contributed by atoms with Crippen LogP contribution in [0.3, 0.4) is 0 Å². The minimum atomic E-state index is 0.592. The first kappa shape index (κ1) is 18.3. The zero-order valence-corrected chi connectivity index (χ0v) is 16.1. The minimum absolute atomic E-state index is 0.592. The Balaban J connectivity index is 2.56. The second kappa shape index (κ2) is 7.65. The highest BCUT2D eigenvalue weighted by Crippen LogP contribution is 2.25. The summed E-state index contributed by atoms with van der Waals surface area (Å²) in [5.74, 6) is 0.592. The van der Waals surface area contributed by atoms with Gasteiger partial charge in [-0.05, 0) is 55.9 Å². The molecule has 0 amide bonds. The lowest BCUT2D eigenvalue weighted by atomic mass is 9.90. The average molecular weight is 322 g/mol. The lowest BCUT2D eigenvalue weighted by molar-refractivity contribution is 0.438. The number of hydrazone groups is 1. The van der Waals surface area contributed by atoms with Crippen LogP contribution < -0.4 is 0 Å². The van der Waals surface area contributed by atoms with Crippen LogP contribution in [-0.2, 0) is 0 Å². The molecule has 0 bridgehead atoms. The number of benzene rings is 2. The Hall–Kier alpha value is -2.09. The van der Waals surface area contributed by atoms with E-state index in [1.807, 2.05) is 19.1 Å². The highest BCUT2D eigenvalue weighted by Gasteiger charge is 2.14. The molecular formula is C22H30N2. The number of aryl methyl sites for hydroxylation is 3. The molecule has 0 heterocycles. The van der Waals surface area contributed by atoms with E-state index < -0.39 is 0 Å². The van der Waals surface area contributed by atoms with Crippen molar-refractivity contribution in [1.29, 1.82) is 0 Å². The molecule has 2 heteroatoms. The van der Waals surface area contributed by atoms with Gasteiger partial charge in [-0.2, -0.15) is 5.10 Å². The molecule has 2 nitrogen and oxygen atoms in total. The molecule has 24 heavy (non-hydrogen) atoms. The van der Waals surface area contributed by atoms with Gasteiger partial charge in [0.05, 0.1) is 5.71 Å². The van der Waals surface area contributed by atoms with Crippen molar-refractivity contribution in [2.75, 3.05) is 14.1 Å². The number of nitrogens with zero attached hydrogens (tertiary/aromatic N) is 2. The zero-order chi connectivity index (χ0) is 17.9. The Morgan fingerprint density at radius 3 is 2.25 bits per heavy atom. The summed E-state index contributed by atoms with van der Waals surface area (Å²) in [5.41, 5.74) is 8.74. The molecule has 0 radical (unpaired) electrons. The van der Waals surface area contributed by atoms with Crippen LogP contribution in [0.1, 0.15) is 59.6 Å². The van der Waals surface area contributed by atoms with Crippen molar-refractivity contribution in [3.8, 4) is 0 Å². The van der Waals surface area contributed by atoms with Crippen LogP contribution in [0.15, 0.2) is 41.5 Å². The van der Waals surface area contributed by atoms with Crippen molar-refractivity contribution in [2.45, 2.75) is 47.0 Å². The van der Waals surface area contributed by atoms with Gasteiger partial charge in [0.1, 0.15) is 0 Å². The SMILES string of the molecule is CCC(C)c1ccc(C(=NN(C)C)c2ccc(C)cc2C)cc1C. The third-order valence-corrected chi connectivity index (χ3v) is 4.62. The predicted molar refractivity (Wildman–Crippen MR) is 105 cm³/mol. The summed E-state index contributed by atoms with van der Waals surface area (Å²) in [6.45, 7) is 11.0. The van der Waals surface area contributed by atoms with Crippen molar-refractivity contribution < 1.29 is 0 Å². The summed E-state index contributed by atoms with van der Waals surface area (Å²) >= 11 is 0. The van der Waals surface area contributed by atoms with Crippen molar-refractivity contribution in [3.05, 3.63) is 69.8 Å². The van der Waals surface area contributed by atoms with Gasteiger partial charge in [0, 0.05) is 25.2 Å². The van der Waals surface area contributed by atoms with Crippen LogP contribution in [-0.4, -0.2) is 24.8 Å². The summed E-state index contributed by atoms with van der Waals surface area (Å²) in [5, 5.41) is 6.68. The van der Waals surface area contributed by atoms with E-state index in [4.69, 9.17) is 5.10 Å². The summed E-state index contributed by atoms with van der Waals surface area (Å²) < 4.78 is 0. The second-order valence-corrected chi connectivity index (χ2v) is 6.99. The van der Waals surface area contributed by atoms with E-state index in [9.17, 15) is 0 Å². The zero-order valence-electron chi connectivity index (χ0n) is 16.1. The molecule has 0 aromatic heterocycles. The summed E-state index contributed by atoms with van der Waals surface area (Å²) in [6, 6.07) is 13.3. The molecule has 0 aliphatic rings. The molecule has 0 N–H and O–H groups in total. The highest BCUT2D eigenvalue weighted by molar-refractivity contribution is 6.13. The smallest absolute Gasteiger partial charge is 0.0978 e. The van der Waals surface area contributed by atoms with E-state index in [0.29, 0.717) is 5.92 Å². The molecule has 1 unspecified atom stereocenters. The number of hydrogen-bond acceptors (Lipinski definition) is 2. The van der Waals surface area contributed by atoms with Gasteiger partial charge < -0.3 is 5.01 Å². The highest BCUT2D eigenvalue weighted by atomic mass is 15.4. The normalized spacial score (nSPS) is 13.0. The first-order valence-corrected chi connectivity index (χ1v) is 8.78. The van der Waals surface area contributed by atoms with E-state index in [-0.39, 0.29) is 0 Å². The monoisotopic (exact) mass is 322 g/mol. The van der Waals surface area contributed by atoms with Gasteiger partial charge in [0.25, 0.3) is 0 Å². The maximum absolute atomic E-state index is 4.79. The topological polar surface area (TPSA) is 15.6 Å². The van der Waals surface area contributed by atoms with E-state index in [1.165, 1.54) is 33.4 Å². The van der Waals surface area contributed by atoms with Crippen LogP contribution in [0.4, 0.5) is 0 Å². The molecule has 2 aromatic rings. The Bertz CT molecular complexity index is 742. The van der Waals surface area contributed by atoms with Crippen LogP contribution in [0.2, 0.25) is 0 Å². The van der Waals surface area contributed by atoms with Crippen molar-refractivity contribution >= 4 is 5.71 Å². The van der Waals surface area contributed by atoms with Gasteiger partial charge >= 0.3 is 0 Å². The Labute approximate surface area is 147 Å². The molecule has 0 fully saturated rings. The van der Waals surface area contributed by atoms with Gasteiger partial charge in [0.15, 0.2) is 0 Å². The Morgan fingerprint density at radius 2 is 1.71 bits per heavy atom. The fourth-order valence-corrected chi connectivity index (χ4v) is 3.14. The Kier molecular flexibility index (Phi) is 5.82. The molecule has 2 rings (SSSR count). The van der Waals surface area contributed by atoms with Crippen LogP contribution in [0.25, 0.3) is 0 Å². The van der Waals surface area contributed by atoms with Crippen LogP contribution >= 0.6 is 0 Å². The largest absolute Gasteiger partial charge is 0.303 e. The van der Waals surface area contributed by atoms with Gasteiger partial charge in [-0.25, -0.2) is 0 Å². The quantitative estimate of drug-likeness (QED) is 0.528. The number of rotatable bonds is 5. The van der Waals surface area contributed by atoms with E-state index in [0.717, 1.165) is 12.1 Å². The second-order valence-electron chi connectivity index (χ2n) is 6.99. The van der Waals surface area contributed by atoms with Crippen LogP contribution in [0.5, 0.6) is 0 Å². The van der Waals surface area contributed by atoms with Gasteiger partial charge in [-0.1, -0.05) is 49.7 Å². The van der Waals surface area contributed by atoms with E-state index in [1.54, 1.807) is 0 Å². The van der Waals surface area contributed by atoms with E-state index in [2.05, 4.69) is 71.0 Å². The first-order chi connectivity index (χ1) is 11.3. The molecule has 2 aromatic carbocycles. The van der Waals surface area contributed by atoms with Crippen LogP contribution in [0, 0.1) is 20.8 Å². The standard InChI is InChI=1S/C22H30N2/c1-8-16(3)20-12-10-19(14-18(20)5)22(23-24(6)7)21-11-9-15(2)13-17(21)4/h9-14,16H,8H2,1-7H3. The molecule has 1 atom stereocenters. The van der Waals surface area contributed by atoms with Crippen molar-refractivity contribution in [3.63, 3.8) is 0 Å². The molecule has 0 spiro atoms. The molecule has 0 aliphatic carbocycles. The third-order valence-electron chi connectivity index (χ3n) is 4.62. The minimum Gasteiger partial charge on any atom is -0.303 e. The molecule has 0 saturated heterocycles. The fourth-order valence-electron chi connectivity index (χ4n) is 3.14. The van der Waals surface area contributed by atoms with Crippen molar-refractivity contribution in [2.24, 2.45) is 5.10 Å². The molecule has 128 valence electrons. The Morgan fingerprint density at radius 1 is 1.00 bits per heavy atom. The van der Waals surface area contributed by atoms with Gasteiger partial charge in [-0.3, -0.25) is 0 Å². The molecule has 0 saturated carbocycles. The molecule has 0 aliphatic heterocycles. The first-order valence-electron chi connectivity index (χ1n) is 8.78. The third kappa shape index (κ3) is 4.05. The van der Waals surface area contributed by atoms with Crippen molar-refractivity contribution in [1.82, 2.24) is 5.01 Å². The lowest BCUT2D eigenvalue weighted by Gasteiger charge is -2.17. The maximum atomic E-state index is 4.79. The summed E-state index contributed by atoms with van der Waals surface area (Å²) in [4.78, 5) is 0. The predicted octanol–water partition coefficient (Wildman–Crippen LogP) is 5.44. The molecular weight excluding hydrogens is 292 g/mol. The maximum Gasteiger partial charge on any atom is 0.0978 e. The summed E-state index contributed by atoms with van der Waals surface area (Å²) in [7, 11) is 3.95. The summed E-state index contributed by atoms with van der Waals surface area (Å²) in [6.07, 6.45) is 1.16.